The van der Waals surface area contributed by atoms with E-state index >= 15 is 0 Å². The summed E-state index contributed by atoms with van der Waals surface area (Å²) < 4.78 is 0. The zero-order chi connectivity index (χ0) is 12.4. The number of carbonyl (C=O) groups excluding carboxylic acids is 2. The van der Waals surface area contributed by atoms with E-state index < -0.39 is 11.3 Å². The molecule has 1 aromatic rings. The number of likely N-dealkylation sites (tertiary alicyclic amines) is 1. The smallest absolute Gasteiger partial charge is 0.244 e. The van der Waals surface area contributed by atoms with Gasteiger partial charge in [-0.1, -0.05) is 29.8 Å². The highest BCUT2D eigenvalue weighted by molar-refractivity contribution is 6.65. The number of benzene rings is 1. The molecule has 3 nitrogen and oxygen atoms in total. The third-order valence-electron chi connectivity index (χ3n) is 2.89. The van der Waals surface area contributed by atoms with Crippen molar-refractivity contribution in [2.75, 3.05) is 0 Å². The molecular weight excluding hydrogens is 261 g/mol. The summed E-state index contributed by atoms with van der Waals surface area (Å²) in [7, 11) is 0. The first-order chi connectivity index (χ1) is 8.09. The van der Waals surface area contributed by atoms with E-state index in [1.807, 2.05) is 18.2 Å². The molecule has 5 heteroatoms. The van der Waals surface area contributed by atoms with Gasteiger partial charge >= 0.3 is 0 Å². The van der Waals surface area contributed by atoms with Gasteiger partial charge in [0.15, 0.2) is 0 Å². The van der Waals surface area contributed by atoms with E-state index in [0.717, 1.165) is 5.56 Å². The van der Waals surface area contributed by atoms with Crippen LogP contribution in [0.25, 0.3) is 0 Å². The zero-order valence-corrected chi connectivity index (χ0v) is 10.5. The Bertz CT molecular complexity index is 462. The first kappa shape index (κ1) is 12.4. The Labute approximate surface area is 109 Å². The summed E-state index contributed by atoms with van der Waals surface area (Å²) in [4.78, 5) is 24.4. The Morgan fingerprint density at radius 3 is 2.76 bits per heavy atom. The second-order valence-electron chi connectivity index (χ2n) is 3.97. The normalized spacial score (nSPS) is 19.8. The average Bonchev–Trinajstić information content (AvgIpc) is 2.64. The zero-order valence-electron chi connectivity index (χ0n) is 9.03. The third kappa shape index (κ3) is 2.61. The van der Waals surface area contributed by atoms with Crippen molar-refractivity contribution < 1.29 is 9.59 Å². The molecule has 0 spiro atoms. The van der Waals surface area contributed by atoms with E-state index in [2.05, 4.69) is 0 Å². The van der Waals surface area contributed by atoms with E-state index in [1.165, 1.54) is 4.90 Å². The lowest BCUT2D eigenvalue weighted by atomic mass is 10.2. The number of amides is 1. The lowest BCUT2D eigenvalue weighted by molar-refractivity contribution is -0.132. The van der Waals surface area contributed by atoms with Gasteiger partial charge in [-0.2, -0.15) is 0 Å². The molecule has 0 bridgehead atoms. The van der Waals surface area contributed by atoms with Gasteiger partial charge in [0.1, 0.15) is 6.04 Å². The molecule has 0 radical (unpaired) electrons. The van der Waals surface area contributed by atoms with Crippen molar-refractivity contribution in [2.45, 2.75) is 25.4 Å². The van der Waals surface area contributed by atoms with Crippen LogP contribution in [-0.4, -0.2) is 22.1 Å². The molecule has 90 valence electrons. The van der Waals surface area contributed by atoms with Crippen LogP contribution in [-0.2, 0) is 16.1 Å². The summed E-state index contributed by atoms with van der Waals surface area (Å²) in [5.41, 5.74) is 0.826. The molecule has 1 atom stereocenters. The van der Waals surface area contributed by atoms with Crippen molar-refractivity contribution >= 4 is 34.4 Å². The molecule has 0 N–H and O–H groups in total. The van der Waals surface area contributed by atoms with Crippen molar-refractivity contribution in [1.82, 2.24) is 4.90 Å². The van der Waals surface area contributed by atoms with E-state index in [4.69, 9.17) is 23.2 Å². The second-order valence-corrected chi connectivity index (χ2v) is 4.75. The minimum atomic E-state index is -0.513. The minimum absolute atomic E-state index is 0.0519. The predicted molar refractivity (Wildman–Crippen MR) is 65.9 cm³/mol. The number of hydrogen-bond donors (Lipinski definition) is 0. The van der Waals surface area contributed by atoms with Crippen LogP contribution >= 0.6 is 23.2 Å². The van der Waals surface area contributed by atoms with Gasteiger partial charge < -0.3 is 4.90 Å². The molecule has 1 amide bonds. The van der Waals surface area contributed by atoms with Crippen LogP contribution in [0.15, 0.2) is 24.3 Å². The summed E-state index contributed by atoms with van der Waals surface area (Å²) in [6, 6.07) is 6.75. The van der Waals surface area contributed by atoms with Gasteiger partial charge in [0.05, 0.1) is 0 Å². The average molecular weight is 272 g/mol. The van der Waals surface area contributed by atoms with Crippen LogP contribution in [0.5, 0.6) is 0 Å². The number of hydrogen-bond acceptors (Lipinski definition) is 2. The molecule has 1 aliphatic rings. The van der Waals surface area contributed by atoms with Gasteiger partial charge in [-0.15, -0.1) is 0 Å². The van der Waals surface area contributed by atoms with E-state index in [1.54, 1.807) is 6.07 Å². The molecule has 1 aliphatic heterocycles. The molecule has 1 unspecified atom stereocenters. The van der Waals surface area contributed by atoms with Gasteiger partial charge in [0.2, 0.25) is 11.1 Å². The Hall–Kier alpha value is -1.06. The minimum Gasteiger partial charge on any atom is -0.327 e. The molecular formula is C12H11Cl2NO2. The topological polar surface area (TPSA) is 37.4 Å². The van der Waals surface area contributed by atoms with E-state index in [9.17, 15) is 9.59 Å². The van der Waals surface area contributed by atoms with E-state index in [-0.39, 0.29) is 5.91 Å². The molecule has 0 saturated carbocycles. The maximum atomic E-state index is 11.7. The summed E-state index contributed by atoms with van der Waals surface area (Å²) in [6.07, 6.45) is 0.860. The molecule has 1 aromatic carbocycles. The predicted octanol–water partition coefficient (Wildman–Crippen LogP) is 2.60. The largest absolute Gasteiger partial charge is 0.327 e. The SMILES string of the molecule is O=C(Cl)C1CCC(=O)N1Cc1ccccc1Cl. The number of halogens is 2. The monoisotopic (exact) mass is 271 g/mol. The van der Waals surface area contributed by atoms with Crippen molar-refractivity contribution in [3.8, 4) is 0 Å². The molecule has 1 saturated heterocycles. The fourth-order valence-electron chi connectivity index (χ4n) is 1.98. The fraction of sp³-hybridized carbons (Fsp3) is 0.333. The van der Waals surface area contributed by atoms with Crippen molar-refractivity contribution in [3.05, 3.63) is 34.9 Å². The number of rotatable bonds is 3. The van der Waals surface area contributed by atoms with Crippen LogP contribution in [0.2, 0.25) is 5.02 Å². The van der Waals surface area contributed by atoms with Crippen LogP contribution in [0.1, 0.15) is 18.4 Å². The molecule has 2 rings (SSSR count). The van der Waals surface area contributed by atoms with Crippen molar-refractivity contribution in [1.29, 1.82) is 0 Å². The van der Waals surface area contributed by atoms with Gasteiger partial charge in [0, 0.05) is 18.0 Å². The number of nitrogens with zero attached hydrogens (tertiary/aromatic N) is 1. The molecule has 0 aromatic heterocycles. The lowest BCUT2D eigenvalue weighted by Crippen LogP contribution is -2.36. The second kappa shape index (κ2) is 5.07. The summed E-state index contributed by atoms with van der Waals surface area (Å²) in [6.45, 7) is 0.335. The Balaban J connectivity index is 2.19. The van der Waals surface area contributed by atoms with Crippen LogP contribution < -0.4 is 0 Å². The lowest BCUT2D eigenvalue weighted by Gasteiger charge is -2.22. The first-order valence-corrected chi connectivity index (χ1v) is 6.07. The van der Waals surface area contributed by atoms with Crippen LogP contribution in [0, 0.1) is 0 Å². The molecule has 17 heavy (non-hydrogen) atoms. The van der Waals surface area contributed by atoms with Crippen LogP contribution in [0.4, 0.5) is 0 Å². The number of carbonyl (C=O) groups is 2. The highest BCUT2D eigenvalue weighted by Crippen LogP contribution is 2.25. The standard InChI is InChI=1S/C12H11Cl2NO2/c13-9-4-2-1-3-8(9)7-15-10(12(14)17)5-6-11(15)16/h1-4,10H,5-7H2. The summed E-state index contributed by atoms with van der Waals surface area (Å²) >= 11 is 11.5. The molecule has 1 heterocycles. The van der Waals surface area contributed by atoms with Gasteiger partial charge in [-0.05, 0) is 29.7 Å². The third-order valence-corrected chi connectivity index (χ3v) is 3.51. The molecule has 1 fully saturated rings. The van der Waals surface area contributed by atoms with Gasteiger partial charge in [-0.3, -0.25) is 9.59 Å². The highest BCUT2D eigenvalue weighted by atomic mass is 35.5. The van der Waals surface area contributed by atoms with Crippen molar-refractivity contribution in [2.24, 2.45) is 0 Å². The van der Waals surface area contributed by atoms with Gasteiger partial charge in [0.25, 0.3) is 0 Å². The first-order valence-electron chi connectivity index (χ1n) is 5.32. The summed E-state index contributed by atoms with van der Waals surface area (Å²) in [5, 5.41) is 0.107. The summed E-state index contributed by atoms with van der Waals surface area (Å²) in [5.74, 6) is -0.0519. The fourth-order valence-corrected chi connectivity index (χ4v) is 2.40. The van der Waals surface area contributed by atoms with Crippen molar-refractivity contribution in [3.63, 3.8) is 0 Å². The Morgan fingerprint density at radius 1 is 1.41 bits per heavy atom. The van der Waals surface area contributed by atoms with Gasteiger partial charge in [-0.25, -0.2) is 0 Å². The Kier molecular flexibility index (Phi) is 3.69. The van der Waals surface area contributed by atoms with Crippen LogP contribution in [0.3, 0.4) is 0 Å². The quantitative estimate of drug-likeness (QED) is 0.793. The Morgan fingerprint density at radius 2 is 2.12 bits per heavy atom. The maximum Gasteiger partial charge on any atom is 0.244 e. The maximum absolute atomic E-state index is 11.7. The highest BCUT2D eigenvalue weighted by Gasteiger charge is 2.35. The van der Waals surface area contributed by atoms with E-state index in [0.29, 0.717) is 24.4 Å². The molecule has 0 aliphatic carbocycles.